The van der Waals surface area contributed by atoms with Crippen molar-refractivity contribution in [3.63, 3.8) is 0 Å². The lowest BCUT2D eigenvalue weighted by atomic mass is 10.3. The molecule has 1 aliphatic heterocycles. The van der Waals surface area contributed by atoms with Gasteiger partial charge in [-0.15, -0.1) is 0 Å². The van der Waals surface area contributed by atoms with Crippen LogP contribution >= 0.6 is 0 Å². The molecule has 1 atom stereocenters. The van der Waals surface area contributed by atoms with E-state index in [4.69, 9.17) is 13.9 Å². The summed E-state index contributed by atoms with van der Waals surface area (Å²) in [6.45, 7) is 2.04. The Kier molecular flexibility index (Phi) is 4.48. The van der Waals surface area contributed by atoms with E-state index in [9.17, 15) is 13.2 Å². The molecule has 3 rings (SSSR count). The second-order valence-corrected chi connectivity index (χ2v) is 7.42. The number of rotatable bonds is 5. The first kappa shape index (κ1) is 16.4. The first-order valence-electron chi connectivity index (χ1n) is 7.40. The van der Waals surface area contributed by atoms with Crippen molar-refractivity contribution >= 4 is 15.7 Å². The van der Waals surface area contributed by atoms with Gasteiger partial charge in [0, 0.05) is 19.5 Å². The molecule has 24 heavy (non-hydrogen) atoms. The number of fused-ring (bicyclic) bond motifs is 1. The number of nitrogens with one attached hydrogen (secondary N) is 1. The molecule has 0 aliphatic carbocycles. The van der Waals surface area contributed by atoms with Gasteiger partial charge in [-0.25, -0.2) is 8.42 Å². The van der Waals surface area contributed by atoms with Crippen molar-refractivity contribution in [3.8, 4) is 11.5 Å². The normalized spacial score (nSPS) is 14.9. The maximum Gasteiger partial charge on any atom is 0.216 e. The van der Waals surface area contributed by atoms with E-state index in [1.54, 1.807) is 18.2 Å². The molecular formula is C16H17NO6S. The van der Waals surface area contributed by atoms with Crippen molar-refractivity contribution < 1.29 is 27.1 Å². The second-order valence-electron chi connectivity index (χ2n) is 5.29. The summed E-state index contributed by atoms with van der Waals surface area (Å²) in [5, 5.41) is 1.51. The predicted octanol–water partition coefficient (Wildman–Crippen LogP) is 1.70. The van der Waals surface area contributed by atoms with Gasteiger partial charge in [-0.05, 0) is 24.3 Å². The molecule has 0 radical (unpaired) electrons. The highest BCUT2D eigenvalue weighted by Gasteiger charge is 2.32. The lowest BCUT2D eigenvalue weighted by Crippen LogP contribution is -2.30. The van der Waals surface area contributed by atoms with Gasteiger partial charge in [0.1, 0.15) is 24.2 Å². The monoisotopic (exact) mass is 351 g/mol. The van der Waals surface area contributed by atoms with E-state index in [1.165, 1.54) is 25.3 Å². The summed E-state index contributed by atoms with van der Waals surface area (Å²) in [5.41, 5.74) is 0. The van der Waals surface area contributed by atoms with Gasteiger partial charge in [-0.3, -0.25) is 4.79 Å². The third-order valence-corrected chi connectivity index (χ3v) is 5.67. The lowest BCUT2D eigenvalue weighted by Gasteiger charge is -2.20. The van der Waals surface area contributed by atoms with Crippen LogP contribution in [-0.2, 0) is 14.6 Å². The van der Waals surface area contributed by atoms with Gasteiger partial charge in [0.15, 0.2) is 21.3 Å². The Morgan fingerprint density at radius 1 is 1.21 bits per heavy atom. The predicted molar refractivity (Wildman–Crippen MR) is 84.8 cm³/mol. The van der Waals surface area contributed by atoms with Crippen LogP contribution in [0.4, 0.5) is 0 Å². The van der Waals surface area contributed by atoms with Gasteiger partial charge in [-0.1, -0.05) is 0 Å². The smallest absolute Gasteiger partial charge is 0.216 e. The number of benzene rings is 1. The third kappa shape index (κ3) is 3.23. The zero-order chi connectivity index (χ0) is 17.2. The van der Waals surface area contributed by atoms with E-state index in [2.05, 4.69) is 5.32 Å². The number of hydrogen-bond acceptors (Lipinski definition) is 6. The minimum atomic E-state index is -3.80. The standard InChI is InChI=1S/C16H17NO6S/c1-11(18)17-10-16(14-3-2-6-21-14)24(19,20)12-4-5-13-15(9-12)23-8-7-22-13/h2-6,9,16H,7-8,10H2,1H3,(H,17,18)/t16-/m0/s1. The molecule has 1 aromatic heterocycles. The molecule has 0 bridgehead atoms. The molecular weight excluding hydrogens is 334 g/mol. The highest BCUT2D eigenvalue weighted by molar-refractivity contribution is 7.91. The molecule has 1 N–H and O–H groups in total. The number of carbonyl (C=O) groups is 1. The van der Waals surface area contributed by atoms with Gasteiger partial charge < -0.3 is 19.2 Å². The molecule has 2 aromatic rings. The van der Waals surface area contributed by atoms with Gasteiger partial charge in [-0.2, -0.15) is 0 Å². The van der Waals surface area contributed by atoms with Crippen LogP contribution in [-0.4, -0.2) is 34.1 Å². The summed E-state index contributed by atoms with van der Waals surface area (Å²) in [5.74, 6) is 0.847. The fraction of sp³-hybridized carbons (Fsp3) is 0.312. The van der Waals surface area contributed by atoms with E-state index in [0.29, 0.717) is 24.7 Å². The van der Waals surface area contributed by atoms with E-state index >= 15 is 0 Å². The molecule has 0 unspecified atom stereocenters. The van der Waals surface area contributed by atoms with Crippen LogP contribution in [0, 0.1) is 0 Å². The maximum atomic E-state index is 13.0. The first-order valence-corrected chi connectivity index (χ1v) is 8.94. The minimum absolute atomic E-state index is 0.0819. The Balaban J connectivity index is 1.97. The molecule has 1 aromatic carbocycles. The summed E-state index contributed by atoms with van der Waals surface area (Å²) in [6.07, 6.45) is 1.40. The van der Waals surface area contributed by atoms with Crippen molar-refractivity contribution in [1.82, 2.24) is 5.32 Å². The minimum Gasteiger partial charge on any atom is -0.486 e. The van der Waals surface area contributed by atoms with E-state index in [1.807, 2.05) is 0 Å². The topological polar surface area (TPSA) is 94.8 Å². The third-order valence-electron chi connectivity index (χ3n) is 3.61. The molecule has 2 heterocycles. The van der Waals surface area contributed by atoms with Crippen molar-refractivity contribution in [2.75, 3.05) is 19.8 Å². The number of amides is 1. The fourth-order valence-corrected chi connectivity index (χ4v) is 4.04. The van der Waals surface area contributed by atoms with Crippen LogP contribution in [0.5, 0.6) is 11.5 Å². The molecule has 8 heteroatoms. The van der Waals surface area contributed by atoms with Gasteiger partial charge in [0.05, 0.1) is 11.2 Å². The number of ether oxygens (including phenoxy) is 2. The van der Waals surface area contributed by atoms with Crippen LogP contribution in [0.2, 0.25) is 0 Å². The van der Waals surface area contributed by atoms with Gasteiger partial charge >= 0.3 is 0 Å². The molecule has 1 amide bonds. The summed E-state index contributed by atoms with van der Waals surface area (Å²) in [4.78, 5) is 11.3. The van der Waals surface area contributed by atoms with Gasteiger partial charge in [0.2, 0.25) is 5.91 Å². The Hall–Kier alpha value is -2.48. The largest absolute Gasteiger partial charge is 0.486 e. The molecule has 1 aliphatic rings. The van der Waals surface area contributed by atoms with Crippen LogP contribution < -0.4 is 14.8 Å². The molecule has 0 saturated heterocycles. The number of sulfone groups is 1. The molecule has 0 fully saturated rings. The quantitative estimate of drug-likeness (QED) is 0.881. The van der Waals surface area contributed by atoms with Crippen molar-refractivity contribution in [1.29, 1.82) is 0 Å². The van der Waals surface area contributed by atoms with Gasteiger partial charge in [0.25, 0.3) is 0 Å². The zero-order valence-electron chi connectivity index (χ0n) is 13.0. The van der Waals surface area contributed by atoms with Crippen molar-refractivity contribution in [2.45, 2.75) is 17.1 Å². The highest BCUT2D eigenvalue weighted by atomic mass is 32.2. The average Bonchev–Trinajstić information content (AvgIpc) is 3.08. The van der Waals surface area contributed by atoms with Crippen LogP contribution in [0.25, 0.3) is 0 Å². The molecule has 7 nitrogen and oxygen atoms in total. The average molecular weight is 351 g/mol. The van der Waals surface area contributed by atoms with E-state index < -0.39 is 15.1 Å². The number of furan rings is 1. The van der Waals surface area contributed by atoms with Crippen LogP contribution in [0.3, 0.4) is 0 Å². The highest BCUT2D eigenvalue weighted by Crippen LogP contribution is 2.36. The van der Waals surface area contributed by atoms with Crippen molar-refractivity contribution in [2.24, 2.45) is 0 Å². The van der Waals surface area contributed by atoms with E-state index in [0.717, 1.165) is 0 Å². The number of hydrogen-bond donors (Lipinski definition) is 1. The van der Waals surface area contributed by atoms with Crippen LogP contribution in [0.1, 0.15) is 17.9 Å². The van der Waals surface area contributed by atoms with Crippen molar-refractivity contribution in [3.05, 3.63) is 42.4 Å². The number of carbonyl (C=O) groups excluding carboxylic acids is 1. The molecule has 0 spiro atoms. The molecule has 0 saturated carbocycles. The zero-order valence-corrected chi connectivity index (χ0v) is 13.8. The Bertz CT molecular complexity index is 828. The fourth-order valence-electron chi connectivity index (χ4n) is 2.44. The lowest BCUT2D eigenvalue weighted by molar-refractivity contribution is -0.118. The summed E-state index contributed by atoms with van der Waals surface area (Å²) < 4.78 is 42.2. The summed E-state index contributed by atoms with van der Waals surface area (Å²) >= 11 is 0. The Morgan fingerprint density at radius 3 is 2.62 bits per heavy atom. The van der Waals surface area contributed by atoms with E-state index in [-0.39, 0.29) is 23.1 Å². The Labute approximate surface area is 139 Å². The Morgan fingerprint density at radius 2 is 1.96 bits per heavy atom. The second kappa shape index (κ2) is 6.56. The first-order chi connectivity index (χ1) is 11.5. The summed E-state index contributed by atoms with van der Waals surface area (Å²) in [6, 6.07) is 7.65. The van der Waals surface area contributed by atoms with Crippen LogP contribution in [0.15, 0.2) is 45.9 Å². The SMILES string of the molecule is CC(=O)NC[C@@H](c1ccco1)S(=O)(=O)c1ccc2c(c1)OCCO2. The maximum absolute atomic E-state index is 13.0. The summed E-state index contributed by atoms with van der Waals surface area (Å²) in [7, 11) is -3.80. The molecule has 128 valence electrons.